The molecule has 0 bridgehead atoms. The minimum atomic E-state index is -0.320. The fourth-order valence-electron chi connectivity index (χ4n) is 3.43. The van der Waals surface area contributed by atoms with E-state index in [0.717, 1.165) is 51.6 Å². The van der Waals surface area contributed by atoms with E-state index >= 15 is 0 Å². The third-order valence-corrected chi connectivity index (χ3v) is 4.73. The Morgan fingerprint density at radius 1 is 1.00 bits per heavy atom. The Balaban J connectivity index is 1.63. The molecule has 21 heavy (non-hydrogen) atoms. The molecule has 0 aromatic carbocycles. The molecule has 1 aliphatic carbocycles. The number of amides is 2. The second-order valence-corrected chi connectivity index (χ2v) is 6.64. The van der Waals surface area contributed by atoms with Crippen molar-refractivity contribution in [2.24, 2.45) is 5.73 Å². The van der Waals surface area contributed by atoms with Gasteiger partial charge in [-0.2, -0.15) is 0 Å². The van der Waals surface area contributed by atoms with Crippen molar-refractivity contribution in [2.75, 3.05) is 19.6 Å². The van der Waals surface area contributed by atoms with Gasteiger partial charge in [0.2, 0.25) is 11.8 Å². The molecule has 1 aliphatic heterocycles. The van der Waals surface area contributed by atoms with Crippen molar-refractivity contribution in [2.45, 2.75) is 69.7 Å². The Kier molecular flexibility index (Phi) is 6.03. The van der Waals surface area contributed by atoms with Crippen LogP contribution in [-0.4, -0.2) is 41.9 Å². The Bertz CT molecular complexity index is 359. The molecule has 2 aliphatic rings. The Hall–Kier alpha value is -1.10. The first kappa shape index (κ1) is 16.3. The van der Waals surface area contributed by atoms with Gasteiger partial charge in [-0.15, -0.1) is 0 Å². The number of likely N-dealkylation sites (tertiary alicyclic amines) is 1. The van der Waals surface area contributed by atoms with Crippen LogP contribution >= 0.6 is 0 Å². The average molecular weight is 295 g/mol. The molecule has 120 valence electrons. The van der Waals surface area contributed by atoms with Gasteiger partial charge in [-0.3, -0.25) is 9.59 Å². The molecule has 1 saturated carbocycles. The number of nitrogens with one attached hydrogen (secondary N) is 1. The summed E-state index contributed by atoms with van der Waals surface area (Å²) in [7, 11) is 0. The number of rotatable bonds is 5. The zero-order chi connectivity index (χ0) is 15.1. The normalized spacial score (nSPS) is 21.9. The van der Waals surface area contributed by atoms with E-state index in [2.05, 4.69) is 5.32 Å². The Morgan fingerprint density at radius 3 is 2.29 bits per heavy atom. The number of carbonyl (C=O) groups is 2. The highest BCUT2D eigenvalue weighted by Crippen LogP contribution is 2.28. The molecule has 1 heterocycles. The van der Waals surface area contributed by atoms with Gasteiger partial charge in [0.25, 0.3) is 0 Å². The number of piperidine rings is 1. The van der Waals surface area contributed by atoms with Crippen LogP contribution in [0, 0.1) is 0 Å². The summed E-state index contributed by atoms with van der Waals surface area (Å²) in [6.45, 7) is 2.18. The lowest BCUT2D eigenvalue weighted by Gasteiger charge is -2.32. The van der Waals surface area contributed by atoms with Gasteiger partial charge in [0.05, 0.1) is 0 Å². The number of nitrogens with zero attached hydrogens (tertiary/aromatic N) is 1. The molecule has 2 fully saturated rings. The van der Waals surface area contributed by atoms with Crippen molar-refractivity contribution in [3.8, 4) is 0 Å². The molecule has 5 heteroatoms. The van der Waals surface area contributed by atoms with E-state index in [4.69, 9.17) is 5.73 Å². The van der Waals surface area contributed by atoms with E-state index in [1.54, 1.807) is 0 Å². The maximum Gasteiger partial charge on any atom is 0.224 e. The molecule has 0 spiro atoms. The summed E-state index contributed by atoms with van der Waals surface area (Å²) in [5.74, 6) is 0.154. The van der Waals surface area contributed by atoms with Crippen LogP contribution in [0.15, 0.2) is 0 Å². The van der Waals surface area contributed by atoms with E-state index < -0.39 is 0 Å². The highest BCUT2D eigenvalue weighted by molar-refractivity contribution is 5.79. The first-order valence-corrected chi connectivity index (χ1v) is 8.42. The topological polar surface area (TPSA) is 75.4 Å². The molecule has 5 nitrogen and oxygen atoms in total. The number of carbonyl (C=O) groups excluding carboxylic acids is 2. The Morgan fingerprint density at radius 2 is 1.62 bits per heavy atom. The van der Waals surface area contributed by atoms with Crippen molar-refractivity contribution in [3.63, 3.8) is 0 Å². The van der Waals surface area contributed by atoms with E-state index in [1.807, 2.05) is 4.90 Å². The van der Waals surface area contributed by atoms with Crippen LogP contribution in [0.1, 0.15) is 64.2 Å². The average Bonchev–Trinajstić information content (AvgIpc) is 2.48. The lowest BCUT2D eigenvalue weighted by molar-refractivity contribution is -0.132. The van der Waals surface area contributed by atoms with Crippen LogP contribution in [0.25, 0.3) is 0 Å². The zero-order valence-electron chi connectivity index (χ0n) is 13.0. The zero-order valence-corrected chi connectivity index (χ0v) is 13.0. The van der Waals surface area contributed by atoms with Gasteiger partial charge in [0, 0.05) is 38.0 Å². The third-order valence-electron chi connectivity index (χ3n) is 4.73. The fourth-order valence-corrected chi connectivity index (χ4v) is 3.43. The van der Waals surface area contributed by atoms with Gasteiger partial charge in [-0.25, -0.2) is 0 Å². The van der Waals surface area contributed by atoms with Crippen molar-refractivity contribution < 1.29 is 9.59 Å². The predicted octanol–water partition coefficient (Wildman–Crippen LogP) is 1.56. The minimum absolute atomic E-state index is 0.00848. The fraction of sp³-hybridized carbons (Fsp3) is 0.875. The molecule has 0 atom stereocenters. The number of hydrogen-bond donors (Lipinski definition) is 2. The van der Waals surface area contributed by atoms with Gasteiger partial charge >= 0.3 is 0 Å². The standard InChI is InChI=1S/C16H29N3O2/c17-16(8-3-1-4-9-16)13-14(20)18-10-7-15(21)19-11-5-2-6-12-19/h1-13,17H2,(H,18,20). The smallest absolute Gasteiger partial charge is 0.224 e. The molecule has 3 N–H and O–H groups in total. The summed E-state index contributed by atoms with van der Waals surface area (Å²) in [6.07, 6.45) is 9.58. The molecule has 0 radical (unpaired) electrons. The maximum atomic E-state index is 12.0. The SMILES string of the molecule is NC1(CC(=O)NCCC(=O)N2CCCCC2)CCCCC1. The van der Waals surface area contributed by atoms with Gasteiger partial charge in [-0.05, 0) is 32.1 Å². The van der Waals surface area contributed by atoms with Crippen LogP contribution in [0.5, 0.6) is 0 Å². The molecule has 2 rings (SSSR count). The van der Waals surface area contributed by atoms with Crippen LogP contribution in [0.2, 0.25) is 0 Å². The lowest BCUT2D eigenvalue weighted by atomic mass is 9.80. The molecular weight excluding hydrogens is 266 g/mol. The summed E-state index contributed by atoms with van der Waals surface area (Å²) >= 11 is 0. The summed E-state index contributed by atoms with van der Waals surface area (Å²) in [5, 5.41) is 2.86. The minimum Gasteiger partial charge on any atom is -0.356 e. The lowest BCUT2D eigenvalue weighted by Crippen LogP contribution is -2.46. The first-order chi connectivity index (χ1) is 10.1. The third kappa shape index (κ3) is 5.30. The van der Waals surface area contributed by atoms with Crippen molar-refractivity contribution >= 4 is 11.8 Å². The Labute approximate surface area is 127 Å². The largest absolute Gasteiger partial charge is 0.356 e. The molecule has 1 saturated heterocycles. The highest BCUT2D eigenvalue weighted by Gasteiger charge is 2.29. The van der Waals surface area contributed by atoms with Gasteiger partial charge < -0.3 is 16.0 Å². The molecule has 0 unspecified atom stereocenters. The second kappa shape index (κ2) is 7.78. The van der Waals surface area contributed by atoms with Crippen LogP contribution in [0.4, 0.5) is 0 Å². The van der Waals surface area contributed by atoms with E-state index in [9.17, 15) is 9.59 Å². The molecule has 0 aromatic heterocycles. The summed E-state index contributed by atoms with van der Waals surface area (Å²) in [4.78, 5) is 25.9. The summed E-state index contributed by atoms with van der Waals surface area (Å²) in [5.41, 5.74) is 5.95. The summed E-state index contributed by atoms with van der Waals surface area (Å²) < 4.78 is 0. The van der Waals surface area contributed by atoms with E-state index in [-0.39, 0.29) is 17.4 Å². The first-order valence-electron chi connectivity index (χ1n) is 8.42. The quantitative estimate of drug-likeness (QED) is 0.808. The van der Waals surface area contributed by atoms with Crippen molar-refractivity contribution in [3.05, 3.63) is 0 Å². The maximum absolute atomic E-state index is 12.0. The van der Waals surface area contributed by atoms with Gasteiger partial charge in [0.1, 0.15) is 0 Å². The number of hydrogen-bond acceptors (Lipinski definition) is 3. The highest BCUT2D eigenvalue weighted by atomic mass is 16.2. The molecule has 0 aromatic rings. The van der Waals surface area contributed by atoms with E-state index in [0.29, 0.717) is 19.4 Å². The van der Waals surface area contributed by atoms with Crippen LogP contribution < -0.4 is 11.1 Å². The monoisotopic (exact) mass is 295 g/mol. The second-order valence-electron chi connectivity index (χ2n) is 6.64. The van der Waals surface area contributed by atoms with Crippen molar-refractivity contribution in [1.82, 2.24) is 10.2 Å². The van der Waals surface area contributed by atoms with Crippen molar-refractivity contribution in [1.29, 1.82) is 0 Å². The summed E-state index contributed by atoms with van der Waals surface area (Å²) in [6, 6.07) is 0. The van der Waals surface area contributed by atoms with Crippen LogP contribution in [-0.2, 0) is 9.59 Å². The molecular formula is C16H29N3O2. The molecule has 2 amide bonds. The van der Waals surface area contributed by atoms with Gasteiger partial charge in [-0.1, -0.05) is 19.3 Å². The van der Waals surface area contributed by atoms with E-state index in [1.165, 1.54) is 12.8 Å². The predicted molar refractivity (Wildman–Crippen MR) is 82.7 cm³/mol. The number of nitrogens with two attached hydrogens (primary N) is 1. The van der Waals surface area contributed by atoms with Crippen LogP contribution in [0.3, 0.4) is 0 Å². The van der Waals surface area contributed by atoms with Gasteiger partial charge in [0.15, 0.2) is 0 Å².